The zero-order chi connectivity index (χ0) is 24.0. The van der Waals surface area contributed by atoms with Crippen LogP contribution in [0.5, 0.6) is 0 Å². The van der Waals surface area contributed by atoms with Crippen LogP contribution in [0.4, 0.5) is 0 Å². The van der Waals surface area contributed by atoms with Crippen LogP contribution in [0.25, 0.3) is 0 Å². The van der Waals surface area contributed by atoms with Gasteiger partial charge in [0.05, 0.1) is 0 Å². The molecule has 17 aliphatic rings. The third-order valence-corrected chi connectivity index (χ3v) is 18.7. The number of hydrogen-bond acceptors (Lipinski definition) is 0. The molecule has 0 aromatic heterocycles. The second-order valence-corrected chi connectivity index (χ2v) is 19.0. The molecule has 0 aliphatic heterocycles. The Hall–Kier alpha value is 0. The summed E-state index contributed by atoms with van der Waals surface area (Å²) in [6.45, 7) is 0. The fourth-order valence-corrected chi connectivity index (χ4v) is 17.6. The van der Waals surface area contributed by atoms with Crippen molar-refractivity contribution >= 4 is 0 Å². The molecule has 8 atom stereocenters. The molecule has 17 fully saturated rings. The molecule has 38 heavy (non-hydrogen) atoms. The van der Waals surface area contributed by atoms with E-state index in [4.69, 9.17) is 0 Å². The van der Waals surface area contributed by atoms with E-state index in [0.29, 0.717) is 0 Å². The van der Waals surface area contributed by atoms with Crippen molar-refractivity contribution in [3.63, 3.8) is 0 Å². The molecule has 8 bridgehead atoms. The van der Waals surface area contributed by atoms with Crippen LogP contribution in [0.15, 0.2) is 0 Å². The minimum absolute atomic E-state index is 1.17. The van der Waals surface area contributed by atoms with E-state index in [1.165, 1.54) is 130 Å². The standard InChI is InChI=1S/C12H18.C11H18.C8H8.C7H10/c1-2-8-5-7(1)11-9-3-4-10(6-9)12(8)11;1-3-8-4-2-6-10(8)11-7-9(11)5-1;1-2-5-3(1)7-4(1)6(2)8(5)7;1-4-2-6-5(1)7(6)3-4/h7-12H,1-6H2;8-11H,1-7H2;1-8H;4-7H,1-3H2. The normalized spacial score (nSPS) is 72.6. The molecule has 0 N–H and O–H groups in total. The SMILES string of the molecule is C12C3C4C1C1C2C3C41.C1C2CC3C1C3C2.C1CC2CC1C1C3CCC(C3)C21.C1CC2CCCC2C2CC2C1. The van der Waals surface area contributed by atoms with Crippen molar-refractivity contribution in [2.75, 3.05) is 0 Å². The van der Waals surface area contributed by atoms with Crippen LogP contribution in [0.2, 0.25) is 0 Å². The number of rotatable bonds is 0. The lowest BCUT2D eigenvalue weighted by Crippen LogP contribution is -3.00. The van der Waals surface area contributed by atoms with Crippen molar-refractivity contribution in [3.8, 4) is 0 Å². The Bertz CT molecular complexity index is 859. The molecular weight excluding hydrogens is 456 g/mol. The minimum atomic E-state index is 1.17. The van der Waals surface area contributed by atoms with Gasteiger partial charge in [0.25, 0.3) is 0 Å². The highest BCUT2D eigenvalue weighted by Crippen LogP contribution is 3.00. The Morgan fingerprint density at radius 2 is 0.658 bits per heavy atom. The van der Waals surface area contributed by atoms with Gasteiger partial charge in [0.15, 0.2) is 0 Å². The molecular formula is C38H54. The Kier molecular flexibility index (Phi) is 4.07. The highest BCUT2D eigenvalue weighted by Gasteiger charge is 2.97. The van der Waals surface area contributed by atoms with Gasteiger partial charge in [0.1, 0.15) is 0 Å². The molecule has 17 saturated carbocycles. The van der Waals surface area contributed by atoms with E-state index >= 15 is 0 Å². The minimum Gasteiger partial charge on any atom is -0.0528 e. The highest BCUT2D eigenvalue weighted by atomic mass is 15.0. The van der Waals surface area contributed by atoms with Crippen LogP contribution in [0, 0.1) is 130 Å². The van der Waals surface area contributed by atoms with Crippen molar-refractivity contribution in [2.45, 2.75) is 103 Å². The van der Waals surface area contributed by atoms with Crippen molar-refractivity contribution in [1.29, 1.82) is 0 Å². The van der Waals surface area contributed by atoms with Crippen LogP contribution in [-0.2, 0) is 0 Å². The van der Waals surface area contributed by atoms with Gasteiger partial charge in [-0.15, -0.1) is 0 Å². The third-order valence-electron chi connectivity index (χ3n) is 18.7. The first-order valence-electron chi connectivity index (χ1n) is 18.8. The van der Waals surface area contributed by atoms with E-state index in [1.807, 2.05) is 0 Å². The van der Waals surface area contributed by atoms with Crippen molar-refractivity contribution in [1.82, 2.24) is 0 Å². The summed E-state index contributed by atoms with van der Waals surface area (Å²) in [6.07, 6.45) is 25.6. The second-order valence-electron chi connectivity index (χ2n) is 19.0. The summed E-state index contributed by atoms with van der Waals surface area (Å²) in [5, 5.41) is 0. The van der Waals surface area contributed by atoms with Gasteiger partial charge in [0.2, 0.25) is 0 Å². The van der Waals surface area contributed by atoms with Crippen LogP contribution in [0.1, 0.15) is 103 Å². The smallest absolute Gasteiger partial charge is 0.0312 e. The van der Waals surface area contributed by atoms with E-state index in [9.17, 15) is 0 Å². The third kappa shape index (κ3) is 2.46. The van der Waals surface area contributed by atoms with Gasteiger partial charge < -0.3 is 0 Å². The quantitative estimate of drug-likeness (QED) is 0.285. The largest absolute Gasteiger partial charge is 0.0528 e. The monoisotopic (exact) mass is 510 g/mol. The maximum Gasteiger partial charge on any atom is -0.0312 e. The Balaban J connectivity index is 0.0000000659. The summed E-state index contributed by atoms with van der Waals surface area (Å²) in [7, 11) is 0. The van der Waals surface area contributed by atoms with Gasteiger partial charge in [-0.1, -0.05) is 32.1 Å². The van der Waals surface area contributed by atoms with Crippen LogP contribution in [0.3, 0.4) is 0 Å². The van der Waals surface area contributed by atoms with Gasteiger partial charge in [-0.3, -0.25) is 0 Å². The second kappa shape index (κ2) is 7.13. The molecule has 8 unspecified atom stereocenters. The first kappa shape index (κ1) is 21.7. The van der Waals surface area contributed by atoms with E-state index in [0.717, 1.165) is 0 Å². The fourth-order valence-electron chi connectivity index (χ4n) is 17.6. The zero-order valence-electron chi connectivity index (χ0n) is 24.0. The van der Waals surface area contributed by atoms with Crippen molar-refractivity contribution in [2.24, 2.45) is 130 Å². The predicted molar refractivity (Wildman–Crippen MR) is 151 cm³/mol. The average molecular weight is 511 g/mol. The lowest BCUT2D eigenvalue weighted by atomic mass is 9.01. The molecule has 0 saturated heterocycles. The van der Waals surface area contributed by atoms with Crippen LogP contribution in [-0.4, -0.2) is 0 Å². The van der Waals surface area contributed by atoms with E-state index in [2.05, 4.69) is 0 Å². The molecule has 0 radical (unpaired) electrons. The molecule has 0 amide bonds. The summed E-state index contributed by atoms with van der Waals surface area (Å²) in [6, 6.07) is 0. The Labute approximate surface area is 232 Å². The predicted octanol–water partition coefficient (Wildman–Crippen LogP) is 8.95. The van der Waals surface area contributed by atoms with Crippen molar-refractivity contribution in [3.05, 3.63) is 0 Å². The summed E-state index contributed by atoms with van der Waals surface area (Å²) >= 11 is 0. The van der Waals surface area contributed by atoms with Crippen LogP contribution < -0.4 is 0 Å². The van der Waals surface area contributed by atoms with E-state index < -0.39 is 0 Å². The summed E-state index contributed by atoms with van der Waals surface area (Å²) in [4.78, 5) is 0. The van der Waals surface area contributed by atoms with Gasteiger partial charge in [-0.05, 0) is 201 Å². The van der Waals surface area contributed by atoms with Gasteiger partial charge in [-0.25, -0.2) is 0 Å². The van der Waals surface area contributed by atoms with Gasteiger partial charge >= 0.3 is 0 Å². The molecule has 17 rings (SSSR count). The molecule has 17 aliphatic carbocycles. The maximum atomic E-state index is 1.64. The molecule has 206 valence electrons. The molecule has 0 aromatic rings. The summed E-state index contributed by atoms with van der Waals surface area (Å²) in [5.74, 6) is 27.7. The zero-order valence-corrected chi connectivity index (χ0v) is 24.0. The average Bonchev–Trinajstić information content (AvgIpc) is 3.62. The van der Waals surface area contributed by atoms with Gasteiger partial charge in [-0.2, -0.15) is 0 Å². The molecule has 0 spiro atoms. The fraction of sp³-hybridized carbons (Fsp3) is 1.00. The first-order chi connectivity index (χ1) is 18.8. The number of fused-ring (bicyclic) bond motifs is 12. The highest BCUT2D eigenvalue weighted by molar-refractivity contribution is 5.44. The van der Waals surface area contributed by atoms with E-state index in [1.54, 1.807) is 103 Å². The topological polar surface area (TPSA) is 0 Å². The molecule has 0 nitrogen and oxygen atoms in total. The first-order valence-corrected chi connectivity index (χ1v) is 18.8. The van der Waals surface area contributed by atoms with Gasteiger partial charge in [0, 0.05) is 0 Å². The summed E-state index contributed by atoms with van der Waals surface area (Å²) in [5.41, 5.74) is 0. The maximum absolute atomic E-state index is 1.64. The number of hydrogen-bond donors (Lipinski definition) is 0. The molecule has 0 aromatic carbocycles. The van der Waals surface area contributed by atoms with Crippen LogP contribution >= 0.6 is 0 Å². The molecule has 0 heterocycles. The lowest BCUT2D eigenvalue weighted by molar-refractivity contribution is -0.565. The van der Waals surface area contributed by atoms with Crippen molar-refractivity contribution < 1.29 is 0 Å². The van der Waals surface area contributed by atoms with E-state index in [-0.39, 0.29) is 0 Å². The molecule has 0 heteroatoms. The lowest BCUT2D eigenvalue weighted by Gasteiger charge is -3.03. The summed E-state index contributed by atoms with van der Waals surface area (Å²) < 4.78 is 0. The Morgan fingerprint density at radius 3 is 1.08 bits per heavy atom. The Morgan fingerprint density at radius 1 is 0.237 bits per heavy atom.